The lowest BCUT2D eigenvalue weighted by atomic mass is 10.0. The lowest BCUT2D eigenvalue weighted by molar-refractivity contribution is 0.102. The van der Waals surface area contributed by atoms with E-state index in [9.17, 15) is 4.79 Å². The summed E-state index contributed by atoms with van der Waals surface area (Å²) in [6.45, 7) is 6.19. The summed E-state index contributed by atoms with van der Waals surface area (Å²) in [6, 6.07) is 18.5. The number of rotatable bonds is 7. The van der Waals surface area contributed by atoms with E-state index >= 15 is 0 Å². The van der Waals surface area contributed by atoms with Crippen LogP contribution in [0.3, 0.4) is 0 Å². The first-order valence-electron chi connectivity index (χ1n) is 10.9. The number of amides is 1. The maximum absolute atomic E-state index is 12.8. The van der Waals surface area contributed by atoms with Gasteiger partial charge in [-0.25, -0.2) is 19.9 Å². The van der Waals surface area contributed by atoms with E-state index in [1.165, 1.54) is 6.33 Å². The van der Waals surface area contributed by atoms with Crippen LogP contribution in [0.4, 0.5) is 5.69 Å². The SMILES string of the molecule is CCc1ncnc(-c2cccnc2Oc2cccc(NC(=O)c3cccc(C(C)C)c3)c2)n1. The van der Waals surface area contributed by atoms with Crippen LogP contribution >= 0.6 is 0 Å². The number of pyridine rings is 1. The van der Waals surface area contributed by atoms with Gasteiger partial charge in [-0.2, -0.15) is 0 Å². The van der Waals surface area contributed by atoms with Gasteiger partial charge in [-0.15, -0.1) is 0 Å². The van der Waals surface area contributed by atoms with Gasteiger partial charge in [-0.1, -0.05) is 39.0 Å². The number of anilines is 1. The molecule has 0 aliphatic carbocycles. The van der Waals surface area contributed by atoms with Gasteiger partial charge in [0.1, 0.15) is 17.9 Å². The van der Waals surface area contributed by atoms with E-state index in [2.05, 4.69) is 39.1 Å². The molecule has 4 aromatic rings. The Hall–Kier alpha value is -4.13. The molecule has 7 heteroatoms. The molecule has 0 fully saturated rings. The van der Waals surface area contributed by atoms with Crippen LogP contribution in [-0.4, -0.2) is 25.8 Å². The monoisotopic (exact) mass is 439 g/mol. The molecule has 0 unspecified atom stereocenters. The lowest BCUT2D eigenvalue weighted by Crippen LogP contribution is -2.12. The van der Waals surface area contributed by atoms with Crippen LogP contribution in [0.5, 0.6) is 11.6 Å². The Morgan fingerprint density at radius 2 is 1.85 bits per heavy atom. The summed E-state index contributed by atoms with van der Waals surface area (Å²) in [5, 5.41) is 2.94. The van der Waals surface area contributed by atoms with Gasteiger partial charge in [0.2, 0.25) is 5.88 Å². The number of aryl methyl sites for hydroxylation is 1. The second-order valence-electron chi connectivity index (χ2n) is 7.80. The average molecular weight is 440 g/mol. The zero-order valence-electron chi connectivity index (χ0n) is 18.8. The summed E-state index contributed by atoms with van der Waals surface area (Å²) in [4.78, 5) is 30.0. The zero-order chi connectivity index (χ0) is 23.2. The fourth-order valence-electron chi connectivity index (χ4n) is 3.26. The molecule has 7 nitrogen and oxygen atoms in total. The van der Waals surface area contributed by atoms with Crippen LogP contribution < -0.4 is 10.1 Å². The molecule has 0 bridgehead atoms. The van der Waals surface area contributed by atoms with Gasteiger partial charge in [-0.3, -0.25) is 4.79 Å². The fraction of sp³-hybridized carbons (Fsp3) is 0.192. The van der Waals surface area contributed by atoms with Crippen molar-refractivity contribution in [2.45, 2.75) is 33.1 Å². The molecule has 33 heavy (non-hydrogen) atoms. The van der Waals surface area contributed by atoms with E-state index in [0.717, 1.165) is 5.56 Å². The molecule has 0 saturated carbocycles. The van der Waals surface area contributed by atoms with E-state index in [1.807, 2.05) is 43.3 Å². The number of hydrogen-bond donors (Lipinski definition) is 1. The highest BCUT2D eigenvalue weighted by Crippen LogP contribution is 2.30. The van der Waals surface area contributed by atoms with Crippen molar-refractivity contribution in [3.63, 3.8) is 0 Å². The van der Waals surface area contributed by atoms with E-state index in [0.29, 0.717) is 52.4 Å². The topological polar surface area (TPSA) is 89.9 Å². The van der Waals surface area contributed by atoms with Gasteiger partial charge in [0.05, 0.1) is 5.56 Å². The highest BCUT2D eigenvalue weighted by molar-refractivity contribution is 6.04. The molecule has 0 spiro atoms. The molecule has 0 aliphatic heterocycles. The predicted molar refractivity (Wildman–Crippen MR) is 127 cm³/mol. The molecule has 166 valence electrons. The molecule has 2 heterocycles. The number of carbonyl (C=O) groups excluding carboxylic acids is 1. The summed E-state index contributed by atoms with van der Waals surface area (Å²) < 4.78 is 6.05. The van der Waals surface area contributed by atoms with E-state index in [-0.39, 0.29) is 5.91 Å². The Bertz CT molecular complexity index is 1270. The molecule has 0 saturated heterocycles. The van der Waals surface area contributed by atoms with Crippen LogP contribution in [0.15, 0.2) is 73.2 Å². The number of benzene rings is 2. The van der Waals surface area contributed by atoms with Crippen molar-refractivity contribution in [2.24, 2.45) is 0 Å². The standard InChI is InChI=1S/C26H25N5O2/c1-4-23-28-16-29-24(31-23)22-12-7-13-27-26(22)33-21-11-6-10-20(15-21)30-25(32)19-9-5-8-18(14-19)17(2)3/h5-17H,4H2,1-3H3,(H,30,32). The maximum atomic E-state index is 12.8. The molecule has 0 atom stereocenters. The second kappa shape index (κ2) is 9.99. The Labute approximate surface area is 192 Å². The molecular formula is C26H25N5O2. The first kappa shape index (κ1) is 22.1. The fourth-order valence-corrected chi connectivity index (χ4v) is 3.26. The number of nitrogens with zero attached hydrogens (tertiary/aromatic N) is 4. The van der Waals surface area contributed by atoms with Gasteiger partial charge in [0, 0.05) is 29.9 Å². The molecular weight excluding hydrogens is 414 g/mol. The van der Waals surface area contributed by atoms with Crippen molar-refractivity contribution < 1.29 is 9.53 Å². The smallest absolute Gasteiger partial charge is 0.255 e. The Kier molecular flexibility index (Phi) is 6.69. The second-order valence-corrected chi connectivity index (χ2v) is 7.80. The maximum Gasteiger partial charge on any atom is 0.255 e. The minimum atomic E-state index is -0.176. The molecule has 2 aromatic heterocycles. The first-order chi connectivity index (χ1) is 16.0. The van der Waals surface area contributed by atoms with Crippen molar-refractivity contribution in [1.82, 2.24) is 19.9 Å². The zero-order valence-corrected chi connectivity index (χ0v) is 18.8. The summed E-state index contributed by atoms with van der Waals surface area (Å²) >= 11 is 0. The molecule has 0 aliphatic rings. The Morgan fingerprint density at radius 1 is 1.00 bits per heavy atom. The van der Waals surface area contributed by atoms with Crippen molar-refractivity contribution in [2.75, 3.05) is 5.32 Å². The summed E-state index contributed by atoms with van der Waals surface area (Å²) in [5.74, 6) is 2.28. The molecule has 1 amide bonds. The Morgan fingerprint density at radius 3 is 2.67 bits per heavy atom. The first-order valence-corrected chi connectivity index (χ1v) is 10.9. The normalized spacial score (nSPS) is 10.8. The number of ether oxygens (including phenoxy) is 1. The van der Waals surface area contributed by atoms with Crippen LogP contribution in [0, 0.1) is 0 Å². The highest BCUT2D eigenvalue weighted by Gasteiger charge is 2.13. The molecule has 2 aromatic carbocycles. The number of carbonyl (C=O) groups is 1. The van der Waals surface area contributed by atoms with Crippen molar-refractivity contribution in [3.8, 4) is 23.0 Å². The van der Waals surface area contributed by atoms with Crippen molar-refractivity contribution >= 4 is 11.6 Å². The lowest BCUT2D eigenvalue weighted by Gasteiger charge is -2.12. The van der Waals surface area contributed by atoms with Crippen LogP contribution in [0.1, 0.15) is 48.4 Å². The summed E-state index contributed by atoms with van der Waals surface area (Å²) in [5.41, 5.74) is 3.01. The van der Waals surface area contributed by atoms with Gasteiger partial charge < -0.3 is 10.1 Å². The largest absolute Gasteiger partial charge is 0.438 e. The molecule has 0 radical (unpaired) electrons. The third kappa shape index (κ3) is 5.38. The van der Waals surface area contributed by atoms with Gasteiger partial charge in [0.25, 0.3) is 5.91 Å². The van der Waals surface area contributed by atoms with Crippen LogP contribution in [0.25, 0.3) is 11.4 Å². The van der Waals surface area contributed by atoms with Crippen LogP contribution in [0.2, 0.25) is 0 Å². The average Bonchev–Trinajstić information content (AvgIpc) is 2.84. The van der Waals surface area contributed by atoms with Gasteiger partial charge in [-0.05, 0) is 47.9 Å². The third-order valence-electron chi connectivity index (χ3n) is 5.07. The van der Waals surface area contributed by atoms with E-state index < -0.39 is 0 Å². The quantitative estimate of drug-likeness (QED) is 0.399. The minimum Gasteiger partial charge on any atom is -0.438 e. The minimum absolute atomic E-state index is 0.176. The number of hydrogen-bond acceptors (Lipinski definition) is 6. The van der Waals surface area contributed by atoms with E-state index in [1.54, 1.807) is 30.5 Å². The third-order valence-corrected chi connectivity index (χ3v) is 5.07. The van der Waals surface area contributed by atoms with Crippen molar-refractivity contribution in [1.29, 1.82) is 0 Å². The number of nitrogens with one attached hydrogen (secondary N) is 1. The van der Waals surface area contributed by atoms with Crippen LogP contribution in [-0.2, 0) is 6.42 Å². The highest BCUT2D eigenvalue weighted by atomic mass is 16.5. The van der Waals surface area contributed by atoms with Gasteiger partial charge >= 0.3 is 0 Å². The predicted octanol–water partition coefficient (Wildman–Crippen LogP) is 5.66. The summed E-state index contributed by atoms with van der Waals surface area (Å²) in [6.07, 6.45) is 3.84. The molecule has 1 N–H and O–H groups in total. The summed E-state index contributed by atoms with van der Waals surface area (Å²) in [7, 11) is 0. The van der Waals surface area contributed by atoms with Gasteiger partial charge in [0.15, 0.2) is 5.82 Å². The van der Waals surface area contributed by atoms with E-state index in [4.69, 9.17) is 4.74 Å². The Balaban J connectivity index is 1.55. The molecule has 4 rings (SSSR count). The number of aromatic nitrogens is 4. The van der Waals surface area contributed by atoms with Crippen molar-refractivity contribution in [3.05, 3.63) is 90.1 Å².